The first kappa shape index (κ1) is 13.9. The van der Waals surface area contributed by atoms with Crippen LogP contribution in [-0.4, -0.2) is 30.7 Å². The van der Waals surface area contributed by atoms with Gasteiger partial charge in [0.1, 0.15) is 6.10 Å². The number of hydrogen-bond donors (Lipinski definition) is 1. The van der Waals surface area contributed by atoms with Crippen LogP contribution in [0.15, 0.2) is 0 Å². The summed E-state index contributed by atoms with van der Waals surface area (Å²) >= 11 is 0. The molecule has 0 aliphatic rings. The Balaban J connectivity index is 4.03. The molecule has 0 aromatic heterocycles. The van der Waals surface area contributed by atoms with Crippen molar-refractivity contribution in [3.8, 4) is 0 Å². The van der Waals surface area contributed by atoms with E-state index in [-0.39, 0.29) is 5.92 Å². The van der Waals surface area contributed by atoms with Crippen LogP contribution in [0.1, 0.15) is 40.5 Å². The van der Waals surface area contributed by atoms with Crippen LogP contribution in [0.4, 0.5) is 0 Å². The Kier molecular flexibility index (Phi) is 8.14. The van der Waals surface area contributed by atoms with Gasteiger partial charge in [0.15, 0.2) is 6.29 Å². The largest absolute Gasteiger partial charge is 0.388 e. The van der Waals surface area contributed by atoms with Crippen LogP contribution in [0.3, 0.4) is 0 Å². The second kappa shape index (κ2) is 8.21. The zero-order valence-electron chi connectivity index (χ0n) is 9.82. The third-order valence-corrected chi connectivity index (χ3v) is 2.27. The zero-order chi connectivity index (χ0) is 11.0. The van der Waals surface area contributed by atoms with Gasteiger partial charge in [0, 0.05) is 13.2 Å². The van der Waals surface area contributed by atoms with Crippen molar-refractivity contribution in [1.29, 1.82) is 0 Å². The summed E-state index contributed by atoms with van der Waals surface area (Å²) in [5.41, 5.74) is 0. The molecule has 0 aliphatic carbocycles. The minimum absolute atomic E-state index is 0.225. The van der Waals surface area contributed by atoms with Gasteiger partial charge >= 0.3 is 0 Å². The van der Waals surface area contributed by atoms with Crippen molar-refractivity contribution in [2.75, 3.05) is 13.2 Å². The lowest BCUT2D eigenvalue weighted by molar-refractivity contribution is -0.201. The molecule has 3 heteroatoms. The minimum Gasteiger partial charge on any atom is -0.388 e. The van der Waals surface area contributed by atoms with Gasteiger partial charge in [0.05, 0.1) is 0 Å². The molecule has 0 aliphatic heterocycles. The third kappa shape index (κ3) is 4.94. The Morgan fingerprint density at radius 2 is 1.57 bits per heavy atom. The quantitative estimate of drug-likeness (QED) is 0.616. The molecule has 0 amide bonds. The summed E-state index contributed by atoms with van der Waals surface area (Å²) in [6.07, 6.45) is 1.09. The van der Waals surface area contributed by atoms with Gasteiger partial charge in [-0.05, 0) is 26.2 Å². The first-order chi connectivity index (χ1) is 6.67. The molecule has 14 heavy (non-hydrogen) atoms. The number of rotatable bonds is 8. The summed E-state index contributed by atoms with van der Waals surface area (Å²) in [6.45, 7) is 9.09. The molecule has 2 unspecified atom stereocenters. The van der Waals surface area contributed by atoms with E-state index < -0.39 is 12.4 Å². The molecule has 0 spiro atoms. The van der Waals surface area contributed by atoms with Crippen LogP contribution < -0.4 is 0 Å². The van der Waals surface area contributed by atoms with Crippen LogP contribution in [0.5, 0.6) is 0 Å². The van der Waals surface area contributed by atoms with Crippen LogP contribution in [0, 0.1) is 5.92 Å². The molecule has 0 fully saturated rings. The molecule has 0 radical (unpaired) electrons. The molecule has 0 rings (SSSR count). The third-order valence-electron chi connectivity index (χ3n) is 2.27. The maximum absolute atomic E-state index is 9.92. The van der Waals surface area contributed by atoms with Crippen LogP contribution in [0.2, 0.25) is 0 Å². The summed E-state index contributed by atoms with van der Waals surface area (Å²) in [5, 5.41) is 9.92. The maximum Gasteiger partial charge on any atom is 0.183 e. The summed E-state index contributed by atoms with van der Waals surface area (Å²) in [6, 6.07) is 0. The highest BCUT2D eigenvalue weighted by molar-refractivity contribution is 4.67. The minimum atomic E-state index is -0.519. The molecule has 0 saturated heterocycles. The predicted octanol–water partition coefficient (Wildman–Crippen LogP) is 2.18. The summed E-state index contributed by atoms with van der Waals surface area (Å²) in [4.78, 5) is 0. The second-order valence-electron chi connectivity index (χ2n) is 3.54. The Bertz CT molecular complexity index is 122. The standard InChI is InChI=1S/C11H24O3/c1-5-8-9(4)10(12)11(13-6-2)14-7-3/h9-12H,5-8H2,1-4H3. The molecule has 2 atom stereocenters. The van der Waals surface area contributed by atoms with E-state index in [9.17, 15) is 5.11 Å². The van der Waals surface area contributed by atoms with Crippen molar-refractivity contribution < 1.29 is 14.6 Å². The van der Waals surface area contributed by atoms with Crippen molar-refractivity contribution in [1.82, 2.24) is 0 Å². The van der Waals surface area contributed by atoms with Gasteiger partial charge in [-0.2, -0.15) is 0 Å². The lowest BCUT2D eigenvalue weighted by Crippen LogP contribution is -2.36. The fraction of sp³-hybridized carbons (Fsp3) is 1.00. The highest BCUT2D eigenvalue weighted by Gasteiger charge is 2.24. The second-order valence-corrected chi connectivity index (χ2v) is 3.54. The smallest absolute Gasteiger partial charge is 0.183 e. The van der Waals surface area contributed by atoms with E-state index in [1.54, 1.807) is 0 Å². The molecule has 3 nitrogen and oxygen atoms in total. The normalized spacial score (nSPS) is 15.9. The molecule has 0 aromatic carbocycles. The zero-order valence-corrected chi connectivity index (χ0v) is 9.82. The SMILES string of the molecule is CCCC(C)C(O)C(OCC)OCC. The van der Waals surface area contributed by atoms with Gasteiger partial charge in [-0.25, -0.2) is 0 Å². The number of aliphatic hydroxyl groups is 1. The average Bonchev–Trinajstić information content (AvgIpc) is 2.17. The van der Waals surface area contributed by atoms with Gasteiger partial charge in [-0.3, -0.25) is 0 Å². The fourth-order valence-corrected chi connectivity index (χ4v) is 1.47. The van der Waals surface area contributed by atoms with Crippen molar-refractivity contribution >= 4 is 0 Å². The topological polar surface area (TPSA) is 38.7 Å². The van der Waals surface area contributed by atoms with E-state index in [0.29, 0.717) is 13.2 Å². The molecule has 86 valence electrons. The first-order valence-corrected chi connectivity index (χ1v) is 5.58. The van der Waals surface area contributed by atoms with Crippen molar-refractivity contribution in [2.24, 2.45) is 5.92 Å². The molecule has 1 N–H and O–H groups in total. The number of hydrogen-bond acceptors (Lipinski definition) is 3. The number of aliphatic hydroxyl groups excluding tert-OH is 1. The highest BCUT2D eigenvalue weighted by atomic mass is 16.7. The average molecular weight is 204 g/mol. The molecule has 0 saturated carbocycles. The van der Waals surface area contributed by atoms with E-state index in [4.69, 9.17) is 9.47 Å². The van der Waals surface area contributed by atoms with E-state index in [0.717, 1.165) is 12.8 Å². The van der Waals surface area contributed by atoms with Crippen LogP contribution in [-0.2, 0) is 9.47 Å². The highest BCUT2D eigenvalue weighted by Crippen LogP contribution is 2.16. The maximum atomic E-state index is 9.92. The van der Waals surface area contributed by atoms with E-state index >= 15 is 0 Å². The summed E-state index contributed by atoms with van der Waals surface area (Å²) in [5.74, 6) is 0.225. The Hall–Kier alpha value is -0.120. The molecule has 0 aromatic rings. The van der Waals surface area contributed by atoms with Crippen LogP contribution >= 0.6 is 0 Å². The van der Waals surface area contributed by atoms with Gasteiger partial charge in [-0.1, -0.05) is 20.3 Å². The predicted molar refractivity (Wildman–Crippen MR) is 57.1 cm³/mol. The van der Waals surface area contributed by atoms with Crippen molar-refractivity contribution in [3.63, 3.8) is 0 Å². The van der Waals surface area contributed by atoms with E-state index in [2.05, 4.69) is 6.92 Å². The van der Waals surface area contributed by atoms with E-state index in [1.165, 1.54) is 0 Å². The van der Waals surface area contributed by atoms with Gasteiger partial charge in [0.2, 0.25) is 0 Å². The van der Waals surface area contributed by atoms with Crippen LogP contribution in [0.25, 0.3) is 0 Å². The van der Waals surface area contributed by atoms with E-state index in [1.807, 2.05) is 20.8 Å². The summed E-state index contributed by atoms with van der Waals surface area (Å²) in [7, 11) is 0. The molecule has 0 bridgehead atoms. The van der Waals surface area contributed by atoms with Gasteiger partial charge in [0.25, 0.3) is 0 Å². The van der Waals surface area contributed by atoms with Gasteiger partial charge < -0.3 is 14.6 Å². The van der Waals surface area contributed by atoms with Gasteiger partial charge in [-0.15, -0.1) is 0 Å². The summed E-state index contributed by atoms with van der Waals surface area (Å²) < 4.78 is 10.7. The Labute approximate surface area is 87.4 Å². The molecule has 0 heterocycles. The lowest BCUT2D eigenvalue weighted by Gasteiger charge is -2.26. The fourth-order valence-electron chi connectivity index (χ4n) is 1.47. The van der Waals surface area contributed by atoms with Crippen molar-refractivity contribution in [2.45, 2.75) is 52.9 Å². The molecular formula is C11H24O3. The number of ether oxygens (including phenoxy) is 2. The lowest BCUT2D eigenvalue weighted by atomic mass is 9.99. The monoisotopic (exact) mass is 204 g/mol. The van der Waals surface area contributed by atoms with Crippen molar-refractivity contribution in [3.05, 3.63) is 0 Å². The Morgan fingerprint density at radius 3 is 1.93 bits per heavy atom. The molecular weight excluding hydrogens is 180 g/mol. The first-order valence-electron chi connectivity index (χ1n) is 5.58. The Morgan fingerprint density at radius 1 is 1.07 bits per heavy atom.